The fourth-order valence-electron chi connectivity index (χ4n) is 0.911. The molecule has 15 heavy (non-hydrogen) atoms. The van der Waals surface area contributed by atoms with Gasteiger partial charge in [0.05, 0.1) is 6.61 Å². The van der Waals surface area contributed by atoms with Crippen LogP contribution in [-0.4, -0.2) is 17.6 Å². The van der Waals surface area contributed by atoms with Gasteiger partial charge in [-0.3, -0.25) is 4.79 Å². The van der Waals surface area contributed by atoms with Crippen molar-refractivity contribution in [2.45, 2.75) is 13.3 Å². The van der Waals surface area contributed by atoms with Crippen molar-refractivity contribution in [1.82, 2.24) is 4.98 Å². The molecule has 0 N–H and O–H groups in total. The maximum absolute atomic E-state index is 11.0. The van der Waals surface area contributed by atoms with Crippen molar-refractivity contribution in [3.63, 3.8) is 0 Å². The summed E-state index contributed by atoms with van der Waals surface area (Å²) < 4.78 is 5.47. The molecule has 0 aliphatic carbocycles. The fourth-order valence-corrected chi connectivity index (χ4v) is 1.28. The lowest BCUT2D eigenvalue weighted by molar-refractivity contribution is -0.141. The van der Waals surface area contributed by atoms with Crippen LogP contribution in [0, 0.1) is 11.8 Å². The van der Waals surface area contributed by atoms with Crippen LogP contribution >= 0.6 is 15.9 Å². The van der Waals surface area contributed by atoms with Crippen molar-refractivity contribution in [3.8, 4) is 11.8 Å². The number of rotatable bonds is 2. The van der Waals surface area contributed by atoms with Crippen molar-refractivity contribution in [3.05, 3.63) is 28.5 Å². The van der Waals surface area contributed by atoms with Gasteiger partial charge in [-0.1, -0.05) is 11.8 Å². The molecule has 3 nitrogen and oxygen atoms in total. The third-order valence-electron chi connectivity index (χ3n) is 1.50. The van der Waals surface area contributed by atoms with E-state index < -0.39 is 0 Å². The van der Waals surface area contributed by atoms with Gasteiger partial charge in [0, 0.05) is 11.8 Å². The van der Waals surface area contributed by atoms with Gasteiger partial charge < -0.3 is 4.74 Å². The van der Waals surface area contributed by atoms with Crippen LogP contribution in [0.1, 0.15) is 18.9 Å². The molecule has 0 radical (unpaired) electrons. The normalized spacial score (nSPS) is 8.93. The zero-order valence-corrected chi connectivity index (χ0v) is 9.87. The first-order chi connectivity index (χ1) is 7.22. The Balaban J connectivity index is 2.55. The molecule has 0 saturated carbocycles. The summed E-state index contributed by atoms with van der Waals surface area (Å²) in [7, 11) is 0. The average Bonchev–Trinajstić information content (AvgIpc) is 2.18. The molecule has 1 aromatic rings. The van der Waals surface area contributed by atoms with Crippen molar-refractivity contribution in [1.29, 1.82) is 0 Å². The Labute approximate surface area is 97.0 Å². The topological polar surface area (TPSA) is 39.2 Å². The number of esters is 1. The maximum Gasteiger partial charge on any atom is 0.317 e. The minimum Gasteiger partial charge on any atom is -0.465 e. The fraction of sp³-hybridized carbons (Fsp3) is 0.273. The highest BCUT2D eigenvalue weighted by Gasteiger charge is 1.96. The molecule has 0 aliphatic heterocycles. The molecule has 78 valence electrons. The first kappa shape index (κ1) is 11.7. The predicted octanol–water partition coefficient (Wildman–Crippen LogP) is 2.15. The van der Waals surface area contributed by atoms with E-state index in [9.17, 15) is 4.79 Å². The van der Waals surface area contributed by atoms with Crippen LogP contribution in [0.5, 0.6) is 0 Å². The second-order valence-corrected chi connectivity index (χ2v) is 3.46. The highest BCUT2D eigenvalue weighted by molar-refractivity contribution is 9.10. The molecule has 0 spiro atoms. The lowest BCUT2D eigenvalue weighted by Gasteiger charge is -1.94. The Morgan fingerprint density at radius 3 is 3.13 bits per heavy atom. The summed E-state index contributed by atoms with van der Waals surface area (Å²) in [6.07, 6.45) is 1.77. The van der Waals surface area contributed by atoms with Crippen molar-refractivity contribution in [2.24, 2.45) is 0 Å². The summed E-state index contributed by atoms with van der Waals surface area (Å²) in [6.45, 7) is 2.16. The minimum absolute atomic E-state index is 0.119. The van der Waals surface area contributed by atoms with Crippen molar-refractivity contribution >= 4 is 21.9 Å². The Morgan fingerprint density at radius 1 is 1.67 bits per heavy atom. The molecule has 0 aromatic carbocycles. The molecule has 0 bridgehead atoms. The summed E-state index contributed by atoms with van der Waals surface area (Å²) >= 11 is 3.24. The number of pyridine rings is 1. The van der Waals surface area contributed by atoms with Gasteiger partial charge in [-0.25, -0.2) is 4.98 Å². The Morgan fingerprint density at radius 2 is 2.47 bits per heavy atom. The first-order valence-corrected chi connectivity index (χ1v) is 5.27. The number of hydrogen-bond donors (Lipinski definition) is 0. The quantitative estimate of drug-likeness (QED) is 0.468. The largest absolute Gasteiger partial charge is 0.465 e. The van der Waals surface area contributed by atoms with Crippen LogP contribution in [0.25, 0.3) is 0 Å². The van der Waals surface area contributed by atoms with E-state index in [1.165, 1.54) is 0 Å². The van der Waals surface area contributed by atoms with Crippen LogP contribution < -0.4 is 0 Å². The molecule has 0 fully saturated rings. The molecule has 0 saturated heterocycles. The Kier molecular flexibility index (Phi) is 4.85. The minimum atomic E-state index is -0.293. The predicted molar refractivity (Wildman–Crippen MR) is 60.1 cm³/mol. The molecule has 4 heteroatoms. The van der Waals surface area contributed by atoms with E-state index in [0.717, 1.165) is 10.2 Å². The second-order valence-electron chi connectivity index (χ2n) is 2.65. The number of hydrogen-bond acceptors (Lipinski definition) is 3. The standard InChI is InChI=1S/C11H10BrNO2/c1-2-15-11(14)5-3-4-9-6-7-13-10(12)8-9/h6-8H,2,5H2,1H3. The van der Waals surface area contributed by atoms with E-state index in [1.807, 2.05) is 0 Å². The van der Waals surface area contributed by atoms with Gasteiger partial charge in [-0.05, 0) is 35.0 Å². The summed E-state index contributed by atoms with van der Waals surface area (Å²) in [6, 6.07) is 3.57. The average molecular weight is 268 g/mol. The summed E-state index contributed by atoms with van der Waals surface area (Å²) in [5, 5.41) is 0. The molecule has 0 aliphatic rings. The second kappa shape index (κ2) is 6.20. The van der Waals surface area contributed by atoms with Crippen LogP contribution in [0.15, 0.2) is 22.9 Å². The van der Waals surface area contributed by atoms with E-state index >= 15 is 0 Å². The van der Waals surface area contributed by atoms with Gasteiger partial charge in [-0.15, -0.1) is 0 Å². The van der Waals surface area contributed by atoms with Gasteiger partial charge in [0.1, 0.15) is 11.0 Å². The molecule has 1 heterocycles. The number of carbonyl (C=O) groups excluding carboxylic acids is 1. The van der Waals surface area contributed by atoms with Crippen molar-refractivity contribution < 1.29 is 9.53 Å². The van der Waals surface area contributed by atoms with E-state index in [1.54, 1.807) is 25.3 Å². The van der Waals surface area contributed by atoms with Crippen LogP contribution in [0.4, 0.5) is 0 Å². The van der Waals surface area contributed by atoms with Gasteiger partial charge >= 0.3 is 5.97 Å². The number of halogens is 1. The van der Waals surface area contributed by atoms with Gasteiger partial charge in [0.2, 0.25) is 0 Å². The Hall–Kier alpha value is -1.34. The lowest BCUT2D eigenvalue weighted by Crippen LogP contribution is -2.01. The molecule has 0 atom stereocenters. The van der Waals surface area contributed by atoms with E-state index in [4.69, 9.17) is 4.74 Å². The molecule has 0 unspecified atom stereocenters. The number of aromatic nitrogens is 1. The monoisotopic (exact) mass is 267 g/mol. The highest BCUT2D eigenvalue weighted by atomic mass is 79.9. The molecule has 1 aromatic heterocycles. The third-order valence-corrected chi connectivity index (χ3v) is 1.93. The van der Waals surface area contributed by atoms with Gasteiger partial charge in [0.25, 0.3) is 0 Å². The van der Waals surface area contributed by atoms with Crippen LogP contribution in [0.3, 0.4) is 0 Å². The maximum atomic E-state index is 11.0. The summed E-state index contributed by atoms with van der Waals surface area (Å²) in [5.74, 6) is 5.30. The molecule has 0 amide bonds. The lowest BCUT2D eigenvalue weighted by atomic mass is 10.2. The SMILES string of the molecule is CCOC(=O)CC#Cc1ccnc(Br)c1. The zero-order valence-electron chi connectivity index (χ0n) is 8.29. The number of carbonyl (C=O) groups is 1. The molecule has 1 rings (SSSR count). The van der Waals surface area contributed by atoms with E-state index in [2.05, 4.69) is 32.8 Å². The summed E-state index contributed by atoms with van der Waals surface area (Å²) in [5.41, 5.74) is 0.821. The zero-order chi connectivity index (χ0) is 11.1. The van der Waals surface area contributed by atoms with Crippen LogP contribution in [-0.2, 0) is 9.53 Å². The number of nitrogens with zero attached hydrogens (tertiary/aromatic N) is 1. The molecular weight excluding hydrogens is 258 g/mol. The number of ether oxygens (including phenoxy) is 1. The van der Waals surface area contributed by atoms with E-state index in [-0.39, 0.29) is 12.4 Å². The molecular formula is C11H10BrNO2. The first-order valence-electron chi connectivity index (χ1n) is 4.48. The highest BCUT2D eigenvalue weighted by Crippen LogP contribution is 2.06. The van der Waals surface area contributed by atoms with E-state index in [0.29, 0.717) is 6.61 Å². The smallest absolute Gasteiger partial charge is 0.317 e. The van der Waals surface area contributed by atoms with Gasteiger partial charge in [-0.2, -0.15) is 0 Å². The third kappa shape index (κ3) is 4.61. The summed E-state index contributed by atoms with van der Waals surface area (Å²) in [4.78, 5) is 14.9. The van der Waals surface area contributed by atoms with Crippen molar-refractivity contribution in [2.75, 3.05) is 6.61 Å². The van der Waals surface area contributed by atoms with Gasteiger partial charge in [0.15, 0.2) is 0 Å². The Bertz CT molecular complexity index is 407. The van der Waals surface area contributed by atoms with Crippen LogP contribution in [0.2, 0.25) is 0 Å².